The maximum atomic E-state index is 11.3. The molecule has 3 rings (SSSR count). The Morgan fingerprint density at radius 2 is 2.25 bits per heavy atom. The fourth-order valence-corrected chi connectivity index (χ4v) is 2.71. The van der Waals surface area contributed by atoms with Crippen molar-refractivity contribution in [1.29, 1.82) is 0 Å². The highest BCUT2D eigenvalue weighted by Crippen LogP contribution is 2.40. The number of alkyl halides is 1. The van der Waals surface area contributed by atoms with E-state index in [1.807, 2.05) is 12.1 Å². The minimum Gasteiger partial charge on any atom is -0.489 e. The molecule has 2 aliphatic rings. The number of carbonyl (C=O) groups excluding carboxylic acids is 1. The Kier molecular flexibility index (Phi) is 2.53. The maximum Gasteiger partial charge on any atom is 0.311 e. The number of halogens is 1. The summed E-state index contributed by atoms with van der Waals surface area (Å²) in [6.07, 6.45) is 2.36. The van der Waals surface area contributed by atoms with Crippen LogP contribution in [0.5, 0.6) is 11.5 Å². The third-order valence-electron chi connectivity index (χ3n) is 3.01. The van der Waals surface area contributed by atoms with Crippen molar-refractivity contribution in [2.75, 3.05) is 4.43 Å². The number of hydrogen-bond donors (Lipinski definition) is 0. The van der Waals surface area contributed by atoms with Crippen molar-refractivity contribution in [3.05, 3.63) is 23.3 Å². The Balaban J connectivity index is 2.04. The summed E-state index contributed by atoms with van der Waals surface area (Å²) < 4.78 is 12.1. The Morgan fingerprint density at radius 1 is 1.38 bits per heavy atom. The predicted octanol–water partition coefficient (Wildman–Crippen LogP) is 2.28. The zero-order chi connectivity index (χ0) is 11.1. The van der Waals surface area contributed by atoms with Crippen molar-refractivity contribution in [2.24, 2.45) is 0 Å². The number of esters is 1. The molecule has 0 N–H and O–H groups in total. The molecule has 1 unspecified atom stereocenters. The molecular weight excluding hydrogens is 319 g/mol. The van der Waals surface area contributed by atoms with E-state index in [1.54, 1.807) is 0 Å². The number of benzene rings is 1. The molecule has 0 radical (unpaired) electrons. The Labute approximate surface area is 107 Å². The summed E-state index contributed by atoms with van der Waals surface area (Å²) in [7, 11) is 0. The molecule has 84 valence electrons. The van der Waals surface area contributed by atoms with Crippen LogP contribution in [0, 0.1) is 0 Å². The lowest BCUT2D eigenvalue weighted by molar-refractivity contribution is -0.135. The van der Waals surface area contributed by atoms with Gasteiger partial charge in [-0.3, -0.25) is 4.79 Å². The molecule has 2 aliphatic heterocycles. The lowest BCUT2D eigenvalue weighted by atomic mass is 10.00. The predicted molar refractivity (Wildman–Crippen MR) is 67.4 cm³/mol. The summed E-state index contributed by atoms with van der Waals surface area (Å²) >= 11 is 2.31. The largest absolute Gasteiger partial charge is 0.489 e. The molecule has 16 heavy (non-hydrogen) atoms. The molecule has 1 aromatic rings. The minimum atomic E-state index is -0.126. The van der Waals surface area contributed by atoms with Crippen LogP contribution >= 0.6 is 22.6 Å². The zero-order valence-electron chi connectivity index (χ0n) is 8.66. The van der Waals surface area contributed by atoms with Crippen LogP contribution in [0.3, 0.4) is 0 Å². The third-order valence-corrected chi connectivity index (χ3v) is 3.99. The van der Waals surface area contributed by atoms with E-state index in [4.69, 9.17) is 9.47 Å². The van der Waals surface area contributed by atoms with Gasteiger partial charge >= 0.3 is 5.97 Å². The number of ether oxygens (including phenoxy) is 2. The first kappa shape index (κ1) is 10.4. The molecule has 0 saturated heterocycles. The van der Waals surface area contributed by atoms with Gasteiger partial charge in [-0.2, -0.15) is 0 Å². The van der Waals surface area contributed by atoms with E-state index in [0.717, 1.165) is 39.9 Å². The Hall–Kier alpha value is -0.780. The van der Waals surface area contributed by atoms with Crippen molar-refractivity contribution in [3.63, 3.8) is 0 Å². The van der Waals surface area contributed by atoms with Crippen molar-refractivity contribution >= 4 is 28.6 Å². The first-order chi connectivity index (χ1) is 7.78. The van der Waals surface area contributed by atoms with E-state index in [0.29, 0.717) is 6.42 Å². The van der Waals surface area contributed by atoms with Gasteiger partial charge in [-0.05, 0) is 18.1 Å². The van der Waals surface area contributed by atoms with Crippen molar-refractivity contribution in [1.82, 2.24) is 0 Å². The summed E-state index contributed by atoms with van der Waals surface area (Å²) in [5, 5.41) is 0. The highest BCUT2D eigenvalue weighted by atomic mass is 127. The van der Waals surface area contributed by atoms with Gasteiger partial charge in [0.05, 0.1) is 6.42 Å². The minimum absolute atomic E-state index is 0.126. The Morgan fingerprint density at radius 3 is 3.06 bits per heavy atom. The standard InChI is InChI=1S/C12H11IO3/c13-6-8-5-9-10(15-8)3-1-7-2-4-11(14)16-12(7)9/h1,3,8H,2,4-6H2. The molecule has 0 fully saturated rings. The molecule has 1 aromatic carbocycles. The summed E-state index contributed by atoms with van der Waals surface area (Å²) in [5.41, 5.74) is 2.21. The fourth-order valence-electron chi connectivity index (χ4n) is 2.22. The lowest BCUT2D eigenvalue weighted by Crippen LogP contribution is -2.17. The van der Waals surface area contributed by atoms with Crippen molar-refractivity contribution < 1.29 is 14.3 Å². The van der Waals surface area contributed by atoms with E-state index >= 15 is 0 Å². The molecular formula is C12H11IO3. The summed E-state index contributed by atoms with van der Waals surface area (Å²) in [6, 6.07) is 4.01. The Bertz CT molecular complexity index is 456. The topological polar surface area (TPSA) is 35.5 Å². The second-order valence-corrected chi connectivity index (χ2v) is 4.98. The van der Waals surface area contributed by atoms with E-state index in [1.165, 1.54) is 0 Å². The SMILES string of the molecule is O=C1CCc2ccc3c(c2O1)CC(CI)O3. The van der Waals surface area contributed by atoms with Crippen molar-refractivity contribution in [3.8, 4) is 11.5 Å². The molecule has 3 nitrogen and oxygen atoms in total. The molecule has 2 heterocycles. The molecule has 1 atom stereocenters. The van der Waals surface area contributed by atoms with E-state index in [9.17, 15) is 4.79 Å². The highest BCUT2D eigenvalue weighted by molar-refractivity contribution is 14.1. The van der Waals surface area contributed by atoms with Crippen LogP contribution in [0.1, 0.15) is 17.5 Å². The third kappa shape index (κ3) is 1.59. The van der Waals surface area contributed by atoms with Gasteiger partial charge < -0.3 is 9.47 Å². The van der Waals surface area contributed by atoms with Gasteiger partial charge in [0.15, 0.2) is 0 Å². The second kappa shape index (κ2) is 3.91. The number of fused-ring (bicyclic) bond motifs is 3. The quantitative estimate of drug-likeness (QED) is 0.343. The van der Waals surface area contributed by atoms with E-state index in [2.05, 4.69) is 22.6 Å². The van der Waals surface area contributed by atoms with Crippen molar-refractivity contribution in [2.45, 2.75) is 25.4 Å². The molecule has 0 bridgehead atoms. The first-order valence-corrected chi connectivity index (χ1v) is 6.88. The van der Waals surface area contributed by atoms with Gasteiger partial charge in [0.25, 0.3) is 0 Å². The second-order valence-electron chi connectivity index (χ2n) is 4.10. The summed E-state index contributed by atoms with van der Waals surface area (Å²) in [5.74, 6) is 1.52. The molecule has 4 heteroatoms. The lowest BCUT2D eigenvalue weighted by Gasteiger charge is -2.17. The number of aryl methyl sites for hydroxylation is 1. The average molecular weight is 330 g/mol. The van der Waals surface area contributed by atoms with Gasteiger partial charge in [0.2, 0.25) is 0 Å². The number of hydrogen-bond acceptors (Lipinski definition) is 3. The monoisotopic (exact) mass is 330 g/mol. The summed E-state index contributed by atoms with van der Waals surface area (Å²) in [4.78, 5) is 11.3. The first-order valence-electron chi connectivity index (χ1n) is 5.36. The summed E-state index contributed by atoms with van der Waals surface area (Å²) in [6.45, 7) is 0. The van der Waals surface area contributed by atoms with E-state index in [-0.39, 0.29) is 12.1 Å². The van der Waals surface area contributed by atoms with Crippen LogP contribution in [0.25, 0.3) is 0 Å². The number of rotatable bonds is 1. The van der Waals surface area contributed by atoms with Crippen LogP contribution < -0.4 is 9.47 Å². The maximum absolute atomic E-state index is 11.3. The molecule has 0 aliphatic carbocycles. The average Bonchev–Trinajstić information content (AvgIpc) is 2.72. The van der Waals surface area contributed by atoms with Gasteiger partial charge in [0.1, 0.15) is 17.6 Å². The smallest absolute Gasteiger partial charge is 0.311 e. The van der Waals surface area contributed by atoms with Crippen LogP contribution in [-0.2, 0) is 17.6 Å². The van der Waals surface area contributed by atoms with Crippen LogP contribution in [0.15, 0.2) is 12.1 Å². The van der Waals surface area contributed by atoms with Crippen LogP contribution in [0.2, 0.25) is 0 Å². The zero-order valence-corrected chi connectivity index (χ0v) is 10.8. The normalized spacial score (nSPS) is 22.1. The van der Waals surface area contributed by atoms with Gasteiger partial charge in [-0.1, -0.05) is 28.7 Å². The molecule has 0 saturated carbocycles. The highest BCUT2D eigenvalue weighted by Gasteiger charge is 2.30. The van der Waals surface area contributed by atoms with Gasteiger partial charge in [-0.25, -0.2) is 0 Å². The molecule has 0 amide bonds. The number of carbonyl (C=O) groups is 1. The van der Waals surface area contributed by atoms with Gasteiger partial charge in [0, 0.05) is 16.4 Å². The van der Waals surface area contributed by atoms with Crippen LogP contribution in [-0.4, -0.2) is 16.5 Å². The molecule has 0 spiro atoms. The van der Waals surface area contributed by atoms with Crippen LogP contribution in [0.4, 0.5) is 0 Å². The fraction of sp³-hybridized carbons (Fsp3) is 0.417. The van der Waals surface area contributed by atoms with E-state index < -0.39 is 0 Å². The van der Waals surface area contributed by atoms with Gasteiger partial charge in [-0.15, -0.1) is 0 Å². The molecule has 0 aromatic heterocycles.